The third kappa shape index (κ3) is 1.73. The number of rotatable bonds is 1. The summed E-state index contributed by atoms with van der Waals surface area (Å²) in [5, 5.41) is 0.952. The van der Waals surface area contributed by atoms with Crippen molar-refractivity contribution in [1.29, 1.82) is 0 Å². The SMILES string of the molecule is CC(=O)c1ccc2nc(C)nc(C)c2c1. The molecule has 3 heteroatoms. The lowest BCUT2D eigenvalue weighted by molar-refractivity contribution is 0.101. The quantitative estimate of drug-likeness (QED) is 0.664. The van der Waals surface area contributed by atoms with E-state index < -0.39 is 0 Å². The molecule has 2 rings (SSSR count). The van der Waals surface area contributed by atoms with Crippen molar-refractivity contribution >= 4 is 16.7 Å². The number of nitrogens with zero attached hydrogens (tertiary/aromatic N) is 2. The van der Waals surface area contributed by atoms with Gasteiger partial charge in [-0.05, 0) is 39.0 Å². The average molecular weight is 200 g/mol. The molecule has 0 saturated carbocycles. The van der Waals surface area contributed by atoms with Gasteiger partial charge in [-0.15, -0.1) is 0 Å². The molecule has 1 heterocycles. The highest BCUT2D eigenvalue weighted by Crippen LogP contribution is 2.17. The molecule has 0 spiro atoms. The molecule has 0 N–H and O–H groups in total. The number of carbonyl (C=O) groups is 1. The maximum absolute atomic E-state index is 11.2. The van der Waals surface area contributed by atoms with Crippen molar-refractivity contribution in [2.24, 2.45) is 0 Å². The van der Waals surface area contributed by atoms with Gasteiger partial charge >= 0.3 is 0 Å². The van der Waals surface area contributed by atoms with Gasteiger partial charge in [0.25, 0.3) is 0 Å². The molecule has 1 aromatic carbocycles. The molecule has 76 valence electrons. The Kier molecular flexibility index (Phi) is 2.23. The fourth-order valence-corrected chi connectivity index (χ4v) is 1.64. The van der Waals surface area contributed by atoms with Gasteiger partial charge in [0.1, 0.15) is 5.82 Å². The summed E-state index contributed by atoms with van der Waals surface area (Å²) in [5.41, 5.74) is 2.52. The average Bonchev–Trinajstić information content (AvgIpc) is 2.16. The van der Waals surface area contributed by atoms with E-state index in [1.54, 1.807) is 13.0 Å². The van der Waals surface area contributed by atoms with Crippen molar-refractivity contribution in [2.45, 2.75) is 20.8 Å². The van der Waals surface area contributed by atoms with Gasteiger partial charge in [0, 0.05) is 16.6 Å². The summed E-state index contributed by atoms with van der Waals surface area (Å²) in [6, 6.07) is 5.52. The summed E-state index contributed by atoms with van der Waals surface area (Å²) in [6.07, 6.45) is 0. The first-order valence-corrected chi connectivity index (χ1v) is 4.84. The van der Waals surface area contributed by atoms with Gasteiger partial charge in [-0.3, -0.25) is 4.79 Å². The summed E-state index contributed by atoms with van der Waals surface area (Å²) < 4.78 is 0. The molecule has 2 aromatic rings. The Bertz CT molecular complexity index is 547. The van der Waals surface area contributed by atoms with E-state index in [2.05, 4.69) is 9.97 Å². The Morgan fingerprint density at radius 3 is 2.60 bits per heavy atom. The van der Waals surface area contributed by atoms with E-state index in [9.17, 15) is 4.79 Å². The van der Waals surface area contributed by atoms with Crippen LogP contribution in [0.4, 0.5) is 0 Å². The first-order chi connectivity index (χ1) is 7.08. The molecule has 0 amide bonds. The van der Waals surface area contributed by atoms with Gasteiger partial charge in [-0.1, -0.05) is 0 Å². The maximum Gasteiger partial charge on any atom is 0.159 e. The fourth-order valence-electron chi connectivity index (χ4n) is 1.64. The predicted octanol–water partition coefficient (Wildman–Crippen LogP) is 2.45. The van der Waals surface area contributed by atoms with Crippen LogP contribution in [0.2, 0.25) is 0 Å². The van der Waals surface area contributed by atoms with E-state index in [0.29, 0.717) is 5.56 Å². The minimum Gasteiger partial charge on any atom is -0.295 e. The van der Waals surface area contributed by atoms with Crippen LogP contribution in [-0.2, 0) is 0 Å². The summed E-state index contributed by atoms with van der Waals surface area (Å²) in [5.74, 6) is 0.826. The Morgan fingerprint density at radius 1 is 1.20 bits per heavy atom. The number of benzene rings is 1. The summed E-state index contributed by atoms with van der Waals surface area (Å²) in [7, 11) is 0. The molecule has 0 saturated heterocycles. The topological polar surface area (TPSA) is 42.9 Å². The first kappa shape index (κ1) is 9.77. The zero-order valence-electron chi connectivity index (χ0n) is 9.03. The van der Waals surface area contributed by atoms with Crippen LogP contribution in [0.5, 0.6) is 0 Å². The fraction of sp³-hybridized carbons (Fsp3) is 0.250. The van der Waals surface area contributed by atoms with Crippen LogP contribution < -0.4 is 0 Å². The van der Waals surface area contributed by atoms with Crippen LogP contribution in [0.3, 0.4) is 0 Å². The van der Waals surface area contributed by atoms with Crippen molar-refractivity contribution in [3.63, 3.8) is 0 Å². The van der Waals surface area contributed by atoms with Crippen molar-refractivity contribution in [3.05, 3.63) is 35.3 Å². The molecule has 0 radical (unpaired) electrons. The van der Waals surface area contributed by atoms with Gasteiger partial charge in [0.05, 0.1) is 5.52 Å². The molecular weight excluding hydrogens is 188 g/mol. The number of aromatic nitrogens is 2. The number of hydrogen-bond donors (Lipinski definition) is 0. The molecule has 0 atom stereocenters. The van der Waals surface area contributed by atoms with E-state index in [0.717, 1.165) is 22.4 Å². The highest BCUT2D eigenvalue weighted by molar-refractivity contribution is 5.98. The van der Waals surface area contributed by atoms with Gasteiger partial charge in [-0.25, -0.2) is 9.97 Å². The second kappa shape index (κ2) is 3.42. The molecule has 0 aliphatic heterocycles. The van der Waals surface area contributed by atoms with Crippen LogP contribution >= 0.6 is 0 Å². The second-order valence-corrected chi connectivity index (χ2v) is 3.64. The third-order valence-corrected chi connectivity index (χ3v) is 2.40. The van der Waals surface area contributed by atoms with Crippen molar-refractivity contribution in [3.8, 4) is 0 Å². The first-order valence-electron chi connectivity index (χ1n) is 4.84. The Balaban J connectivity index is 2.76. The lowest BCUT2D eigenvalue weighted by Gasteiger charge is -2.03. The van der Waals surface area contributed by atoms with Crippen LogP contribution in [0.25, 0.3) is 10.9 Å². The number of Topliss-reactive ketones (excluding diaryl/α,β-unsaturated/α-hetero) is 1. The minimum absolute atomic E-state index is 0.0666. The predicted molar refractivity (Wildman–Crippen MR) is 59.0 cm³/mol. The van der Waals surface area contributed by atoms with E-state index >= 15 is 0 Å². The molecule has 1 aromatic heterocycles. The van der Waals surface area contributed by atoms with Gasteiger partial charge in [0.2, 0.25) is 0 Å². The highest BCUT2D eigenvalue weighted by atomic mass is 16.1. The summed E-state index contributed by atoms with van der Waals surface area (Å²) >= 11 is 0. The summed E-state index contributed by atoms with van der Waals surface area (Å²) in [6.45, 7) is 5.36. The molecule has 0 aliphatic rings. The van der Waals surface area contributed by atoms with Gasteiger partial charge < -0.3 is 0 Å². The van der Waals surface area contributed by atoms with Crippen LogP contribution in [0.1, 0.15) is 28.8 Å². The van der Waals surface area contributed by atoms with E-state index in [1.807, 2.05) is 26.0 Å². The van der Waals surface area contributed by atoms with Gasteiger partial charge in [-0.2, -0.15) is 0 Å². The molecular formula is C12H12N2O. The lowest BCUT2D eigenvalue weighted by atomic mass is 10.1. The van der Waals surface area contributed by atoms with Crippen molar-refractivity contribution in [1.82, 2.24) is 9.97 Å². The number of fused-ring (bicyclic) bond motifs is 1. The van der Waals surface area contributed by atoms with E-state index in [1.165, 1.54) is 0 Å². The molecule has 3 nitrogen and oxygen atoms in total. The largest absolute Gasteiger partial charge is 0.295 e. The minimum atomic E-state index is 0.0666. The number of aryl methyl sites for hydroxylation is 2. The second-order valence-electron chi connectivity index (χ2n) is 3.64. The Hall–Kier alpha value is -1.77. The maximum atomic E-state index is 11.2. The monoisotopic (exact) mass is 200 g/mol. The molecule has 0 unspecified atom stereocenters. The van der Waals surface area contributed by atoms with Gasteiger partial charge in [0.15, 0.2) is 5.78 Å². The van der Waals surface area contributed by atoms with Crippen LogP contribution in [-0.4, -0.2) is 15.8 Å². The zero-order chi connectivity index (χ0) is 11.0. The molecule has 15 heavy (non-hydrogen) atoms. The standard InChI is InChI=1S/C12H12N2O/c1-7-11-6-10(8(2)15)4-5-12(11)14-9(3)13-7/h4-6H,1-3H3. The zero-order valence-corrected chi connectivity index (χ0v) is 9.03. The van der Waals surface area contributed by atoms with Crippen LogP contribution in [0.15, 0.2) is 18.2 Å². The van der Waals surface area contributed by atoms with E-state index in [4.69, 9.17) is 0 Å². The normalized spacial score (nSPS) is 10.6. The van der Waals surface area contributed by atoms with Crippen molar-refractivity contribution < 1.29 is 4.79 Å². The molecule has 0 bridgehead atoms. The Morgan fingerprint density at radius 2 is 1.93 bits per heavy atom. The molecule has 0 aliphatic carbocycles. The highest BCUT2D eigenvalue weighted by Gasteiger charge is 2.05. The van der Waals surface area contributed by atoms with E-state index in [-0.39, 0.29) is 5.78 Å². The number of carbonyl (C=O) groups excluding carboxylic acids is 1. The molecule has 0 fully saturated rings. The lowest BCUT2D eigenvalue weighted by Crippen LogP contribution is -1.96. The van der Waals surface area contributed by atoms with Crippen molar-refractivity contribution in [2.75, 3.05) is 0 Å². The number of hydrogen-bond acceptors (Lipinski definition) is 3. The Labute approximate surface area is 88.2 Å². The summed E-state index contributed by atoms with van der Waals surface area (Å²) in [4.78, 5) is 19.8. The number of ketones is 1. The third-order valence-electron chi connectivity index (χ3n) is 2.40. The van der Waals surface area contributed by atoms with Crippen LogP contribution in [0, 0.1) is 13.8 Å². The smallest absolute Gasteiger partial charge is 0.159 e.